The number of allylic oxidation sites excluding steroid dienone is 2. The second-order valence-corrected chi connectivity index (χ2v) is 6.99. The molecular formula is C22H24N4O2. The lowest BCUT2D eigenvalue weighted by atomic mass is 10.0. The fourth-order valence-corrected chi connectivity index (χ4v) is 3.06. The van der Waals surface area contributed by atoms with Gasteiger partial charge in [-0.2, -0.15) is 10.2 Å². The highest BCUT2D eigenvalue weighted by molar-refractivity contribution is 6.06. The third-order valence-electron chi connectivity index (χ3n) is 4.88. The summed E-state index contributed by atoms with van der Waals surface area (Å²) in [7, 11) is 1.50. The number of amides is 2. The molecule has 2 atom stereocenters. The van der Waals surface area contributed by atoms with Crippen molar-refractivity contribution in [3.8, 4) is 0 Å². The van der Waals surface area contributed by atoms with Crippen molar-refractivity contribution < 1.29 is 9.59 Å². The van der Waals surface area contributed by atoms with E-state index in [0.717, 1.165) is 17.7 Å². The summed E-state index contributed by atoms with van der Waals surface area (Å²) in [6, 6.07) is 9.94. The molecule has 2 aromatic rings. The number of nitrogens with zero attached hydrogens (tertiary/aromatic N) is 2. The molecule has 1 aromatic heterocycles. The maximum Gasteiger partial charge on any atom is 0.318 e. The zero-order valence-corrected chi connectivity index (χ0v) is 16.3. The van der Waals surface area contributed by atoms with Gasteiger partial charge < -0.3 is 10.6 Å². The summed E-state index contributed by atoms with van der Waals surface area (Å²) in [6.07, 6.45) is 7.44. The molecule has 1 fully saturated rings. The topological polar surface area (TPSA) is 84.0 Å². The number of aldehydes is 1. The fraction of sp³-hybridized carbons (Fsp3) is 0.273. The third-order valence-corrected chi connectivity index (χ3v) is 4.88. The lowest BCUT2D eigenvalue weighted by Gasteiger charge is -2.07. The highest BCUT2D eigenvalue weighted by Crippen LogP contribution is 2.49. The Morgan fingerprint density at radius 2 is 1.93 bits per heavy atom. The maximum atomic E-state index is 11.4. The van der Waals surface area contributed by atoms with Gasteiger partial charge in [-0.05, 0) is 49.3 Å². The first-order valence-electron chi connectivity index (χ1n) is 9.25. The molecule has 0 spiro atoms. The molecule has 1 unspecified atom stereocenters. The fourth-order valence-electron chi connectivity index (χ4n) is 3.06. The Labute approximate surface area is 164 Å². The number of nitrogens with one attached hydrogen (secondary N) is 2. The SMILES string of the molecule is CNC(=O)N/C=C(\C=O)c1cc(C2C[C@@H]2/C=C/c2ccc(C)cc2)c(C)nn1. The van der Waals surface area contributed by atoms with E-state index in [-0.39, 0.29) is 5.57 Å². The summed E-state index contributed by atoms with van der Waals surface area (Å²) in [5.41, 5.74) is 5.14. The first kappa shape index (κ1) is 19.5. The minimum Gasteiger partial charge on any atom is -0.341 e. The molecule has 28 heavy (non-hydrogen) atoms. The Kier molecular flexibility index (Phi) is 5.99. The molecule has 6 heteroatoms. The lowest BCUT2D eigenvalue weighted by molar-refractivity contribution is -0.103. The maximum absolute atomic E-state index is 11.4. The number of aryl methyl sites for hydroxylation is 2. The average molecular weight is 376 g/mol. The molecule has 2 N–H and O–H groups in total. The van der Waals surface area contributed by atoms with Crippen LogP contribution in [0.1, 0.15) is 40.4 Å². The predicted molar refractivity (Wildman–Crippen MR) is 109 cm³/mol. The van der Waals surface area contributed by atoms with Crippen LogP contribution in [0.15, 0.2) is 42.6 Å². The zero-order valence-electron chi connectivity index (χ0n) is 16.3. The summed E-state index contributed by atoms with van der Waals surface area (Å²) in [6.45, 7) is 4.01. The number of hydrogen-bond acceptors (Lipinski definition) is 4. The van der Waals surface area contributed by atoms with Gasteiger partial charge in [0.1, 0.15) is 0 Å². The Morgan fingerprint density at radius 3 is 2.61 bits per heavy atom. The van der Waals surface area contributed by atoms with Crippen LogP contribution in [0.4, 0.5) is 4.79 Å². The van der Waals surface area contributed by atoms with Gasteiger partial charge in [0.25, 0.3) is 0 Å². The van der Waals surface area contributed by atoms with Gasteiger partial charge in [-0.15, -0.1) is 0 Å². The van der Waals surface area contributed by atoms with Gasteiger partial charge in [0, 0.05) is 13.2 Å². The van der Waals surface area contributed by atoms with Crippen molar-refractivity contribution in [1.29, 1.82) is 0 Å². The molecule has 2 amide bonds. The van der Waals surface area contributed by atoms with Crippen LogP contribution in [0.5, 0.6) is 0 Å². The lowest BCUT2D eigenvalue weighted by Crippen LogP contribution is -2.28. The van der Waals surface area contributed by atoms with E-state index < -0.39 is 6.03 Å². The van der Waals surface area contributed by atoms with Gasteiger partial charge in [-0.1, -0.05) is 42.0 Å². The molecule has 1 heterocycles. The Hall–Kier alpha value is -3.28. The first-order valence-corrected chi connectivity index (χ1v) is 9.25. The van der Waals surface area contributed by atoms with Crippen molar-refractivity contribution in [2.75, 3.05) is 7.05 Å². The van der Waals surface area contributed by atoms with E-state index in [0.29, 0.717) is 23.8 Å². The van der Waals surface area contributed by atoms with E-state index in [4.69, 9.17) is 0 Å². The van der Waals surface area contributed by atoms with Crippen LogP contribution in [0.25, 0.3) is 11.6 Å². The summed E-state index contributed by atoms with van der Waals surface area (Å²) in [5.74, 6) is 0.820. The van der Waals surface area contributed by atoms with Crippen LogP contribution in [0.2, 0.25) is 0 Å². The van der Waals surface area contributed by atoms with E-state index in [1.165, 1.54) is 24.4 Å². The van der Waals surface area contributed by atoms with E-state index in [2.05, 4.69) is 64.2 Å². The summed E-state index contributed by atoms with van der Waals surface area (Å²) in [4.78, 5) is 22.7. The van der Waals surface area contributed by atoms with E-state index in [1.54, 1.807) is 0 Å². The van der Waals surface area contributed by atoms with Crippen LogP contribution in [-0.4, -0.2) is 29.6 Å². The number of carbonyl (C=O) groups is 2. The van der Waals surface area contributed by atoms with Crippen molar-refractivity contribution in [2.45, 2.75) is 26.2 Å². The third kappa shape index (κ3) is 4.71. The molecule has 0 radical (unpaired) electrons. The molecular weight excluding hydrogens is 352 g/mol. The molecule has 1 aliphatic rings. The van der Waals surface area contributed by atoms with Crippen LogP contribution in [-0.2, 0) is 4.79 Å². The number of aromatic nitrogens is 2. The first-order chi connectivity index (χ1) is 13.5. The number of urea groups is 1. The normalized spacial score (nSPS) is 18.8. The number of carbonyl (C=O) groups excluding carboxylic acids is 2. The van der Waals surface area contributed by atoms with Gasteiger partial charge >= 0.3 is 6.03 Å². The van der Waals surface area contributed by atoms with Crippen molar-refractivity contribution in [3.63, 3.8) is 0 Å². The monoisotopic (exact) mass is 376 g/mol. The minimum atomic E-state index is -0.400. The van der Waals surface area contributed by atoms with Crippen molar-refractivity contribution in [2.24, 2.45) is 5.92 Å². The van der Waals surface area contributed by atoms with Crippen molar-refractivity contribution in [1.82, 2.24) is 20.8 Å². The van der Waals surface area contributed by atoms with Gasteiger partial charge in [0.2, 0.25) is 0 Å². The number of benzene rings is 1. The smallest absolute Gasteiger partial charge is 0.318 e. The number of rotatable bonds is 6. The summed E-state index contributed by atoms with van der Waals surface area (Å²) in [5, 5.41) is 13.2. The average Bonchev–Trinajstić information content (AvgIpc) is 3.48. The molecule has 1 aliphatic carbocycles. The van der Waals surface area contributed by atoms with E-state index >= 15 is 0 Å². The van der Waals surface area contributed by atoms with Crippen molar-refractivity contribution in [3.05, 3.63) is 70.7 Å². The molecule has 6 nitrogen and oxygen atoms in total. The second-order valence-electron chi connectivity index (χ2n) is 6.99. The van der Waals surface area contributed by atoms with Crippen LogP contribution in [0, 0.1) is 19.8 Å². The van der Waals surface area contributed by atoms with Gasteiger partial charge in [0.05, 0.1) is 17.0 Å². The predicted octanol–water partition coefficient (Wildman–Crippen LogP) is 3.38. The quantitative estimate of drug-likeness (QED) is 0.598. The van der Waals surface area contributed by atoms with Crippen LogP contribution < -0.4 is 10.6 Å². The molecule has 0 bridgehead atoms. The standard InChI is InChI=1S/C22H24N4O2/c1-14-4-6-16(7-5-14)8-9-17-10-20(17)19-11-21(26-25-15(19)2)18(13-27)12-24-22(28)23-3/h4-9,11-13,17,20H,10H2,1-3H3,(H2,23,24,28)/b9-8+,18-12+/t17-,20?/m0/s1. The van der Waals surface area contributed by atoms with E-state index in [1.807, 2.05) is 13.0 Å². The van der Waals surface area contributed by atoms with E-state index in [9.17, 15) is 9.59 Å². The number of hydrogen-bond donors (Lipinski definition) is 2. The zero-order chi connectivity index (χ0) is 20.1. The molecule has 3 rings (SSSR count). The van der Waals surface area contributed by atoms with Crippen LogP contribution >= 0.6 is 0 Å². The molecule has 0 saturated heterocycles. The Bertz CT molecular complexity index is 932. The highest BCUT2D eigenvalue weighted by Gasteiger charge is 2.37. The van der Waals surface area contributed by atoms with Gasteiger partial charge in [-0.25, -0.2) is 4.79 Å². The minimum absolute atomic E-state index is 0.282. The van der Waals surface area contributed by atoms with Crippen LogP contribution in [0.3, 0.4) is 0 Å². The molecule has 1 aromatic carbocycles. The molecule has 144 valence electrons. The Morgan fingerprint density at radius 1 is 1.18 bits per heavy atom. The van der Waals surface area contributed by atoms with Crippen molar-refractivity contribution >= 4 is 24.0 Å². The highest BCUT2D eigenvalue weighted by atomic mass is 16.2. The van der Waals surface area contributed by atoms with Gasteiger partial charge in [0.15, 0.2) is 6.29 Å². The summed E-state index contributed by atoms with van der Waals surface area (Å²) < 4.78 is 0. The summed E-state index contributed by atoms with van der Waals surface area (Å²) >= 11 is 0. The molecule has 0 aliphatic heterocycles. The molecule has 1 saturated carbocycles. The second kappa shape index (κ2) is 8.61. The van der Waals surface area contributed by atoms with Gasteiger partial charge in [-0.3, -0.25) is 4.79 Å². The largest absolute Gasteiger partial charge is 0.341 e. The Balaban J connectivity index is 1.74.